The molecule has 0 atom stereocenters. The second-order valence-corrected chi connectivity index (χ2v) is 5.86. The van der Waals surface area contributed by atoms with Crippen molar-refractivity contribution in [1.29, 1.82) is 0 Å². The van der Waals surface area contributed by atoms with Crippen LogP contribution in [-0.2, 0) is 11.2 Å². The lowest BCUT2D eigenvalue weighted by molar-refractivity contribution is -0.117. The Hall–Kier alpha value is -1.59. The Bertz CT molecular complexity index is 673. The molecule has 0 saturated heterocycles. The molecule has 0 bridgehead atoms. The number of likely N-dealkylation sites (N-methyl/N-ethyl adjacent to an activating group) is 1. The first kappa shape index (κ1) is 15.8. The fourth-order valence-corrected chi connectivity index (χ4v) is 2.54. The highest BCUT2D eigenvalue weighted by Crippen LogP contribution is 2.27. The number of carbonyl (C=O) groups is 1. The van der Waals surface area contributed by atoms with Gasteiger partial charge in [0.15, 0.2) is 0 Å². The second-order valence-electron chi connectivity index (χ2n) is 4.53. The van der Waals surface area contributed by atoms with E-state index in [1.165, 1.54) is 17.0 Å². The van der Waals surface area contributed by atoms with Crippen molar-refractivity contribution in [3.8, 4) is 0 Å². The Morgan fingerprint density at radius 2 is 2.10 bits per heavy atom. The summed E-state index contributed by atoms with van der Waals surface area (Å²) in [6.45, 7) is 0. The third-order valence-corrected chi connectivity index (χ3v) is 3.96. The van der Waals surface area contributed by atoms with Gasteiger partial charge in [0.25, 0.3) is 0 Å². The van der Waals surface area contributed by atoms with Crippen LogP contribution < -0.4 is 10.6 Å². The molecule has 2 aromatic rings. The standard InChI is InChI=1S/C15H13BrClFN2O/c1-20(14-6-5-9(16)7-13(14)19)15(21)8-10-11(17)3-2-4-12(10)18/h2-7H,8,19H2,1H3. The van der Waals surface area contributed by atoms with E-state index in [0.29, 0.717) is 11.4 Å². The molecular formula is C15H13BrClFN2O. The van der Waals surface area contributed by atoms with Gasteiger partial charge in [0.2, 0.25) is 5.91 Å². The fraction of sp³-hybridized carbons (Fsp3) is 0.133. The third kappa shape index (κ3) is 3.54. The molecule has 1 amide bonds. The van der Waals surface area contributed by atoms with Gasteiger partial charge in [-0.15, -0.1) is 0 Å². The molecule has 2 rings (SSSR count). The van der Waals surface area contributed by atoms with Gasteiger partial charge in [0.05, 0.1) is 17.8 Å². The minimum Gasteiger partial charge on any atom is -0.397 e. The molecule has 6 heteroatoms. The average molecular weight is 372 g/mol. The number of nitrogen functional groups attached to an aromatic ring is 1. The normalized spacial score (nSPS) is 10.5. The minimum absolute atomic E-state index is 0.127. The van der Waals surface area contributed by atoms with E-state index in [1.807, 2.05) is 0 Å². The summed E-state index contributed by atoms with van der Waals surface area (Å²) < 4.78 is 14.5. The van der Waals surface area contributed by atoms with Crippen molar-refractivity contribution in [3.05, 3.63) is 57.3 Å². The average Bonchev–Trinajstić information content (AvgIpc) is 2.42. The van der Waals surface area contributed by atoms with E-state index in [4.69, 9.17) is 17.3 Å². The van der Waals surface area contributed by atoms with Gasteiger partial charge in [-0.1, -0.05) is 33.6 Å². The van der Waals surface area contributed by atoms with Crippen LogP contribution in [0.25, 0.3) is 0 Å². The highest BCUT2D eigenvalue weighted by atomic mass is 79.9. The van der Waals surface area contributed by atoms with Crippen LogP contribution in [0.3, 0.4) is 0 Å². The number of hydrogen-bond donors (Lipinski definition) is 1. The number of halogens is 3. The Kier molecular flexibility index (Phi) is 4.85. The molecule has 0 unspecified atom stereocenters. The number of benzene rings is 2. The summed E-state index contributed by atoms with van der Waals surface area (Å²) in [4.78, 5) is 13.7. The van der Waals surface area contributed by atoms with Gasteiger partial charge in [-0.3, -0.25) is 4.79 Å². The lowest BCUT2D eigenvalue weighted by atomic mass is 10.1. The highest BCUT2D eigenvalue weighted by molar-refractivity contribution is 9.10. The molecule has 0 aliphatic rings. The number of hydrogen-bond acceptors (Lipinski definition) is 2. The van der Waals surface area contributed by atoms with Crippen LogP contribution in [0.1, 0.15) is 5.56 Å². The largest absolute Gasteiger partial charge is 0.397 e. The lowest BCUT2D eigenvalue weighted by Gasteiger charge is -2.20. The van der Waals surface area contributed by atoms with Gasteiger partial charge < -0.3 is 10.6 Å². The first-order chi connectivity index (χ1) is 9.90. The van der Waals surface area contributed by atoms with Gasteiger partial charge in [0.1, 0.15) is 5.82 Å². The maximum absolute atomic E-state index is 13.7. The van der Waals surface area contributed by atoms with Crippen LogP contribution in [-0.4, -0.2) is 13.0 Å². The van der Waals surface area contributed by atoms with Gasteiger partial charge in [0, 0.05) is 22.1 Å². The molecule has 0 aliphatic heterocycles. The van der Waals surface area contributed by atoms with Gasteiger partial charge >= 0.3 is 0 Å². The van der Waals surface area contributed by atoms with E-state index in [1.54, 1.807) is 31.3 Å². The summed E-state index contributed by atoms with van der Waals surface area (Å²) in [5.74, 6) is -0.788. The molecule has 0 fully saturated rings. The van der Waals surface area contributed by atoms with Crippen molar-refractivity contribution >= 4 is 44.8 Å². The third-order valence-electron chi connectivity index (χ3n) is 3.11. The molecule has 0 spiro atoms. The van der Waals surface area contributed by atoms with Crippen molar-refractivity contribution in [2.45, 2.75) is 6.42 Å². The van der Waals surface area contributed by atoms with E-state index < -0.39 is 5.82 Å². The molecule has 21 heavy (non-hydrogen) atoms. The van der Waals surface area contributed by atoms with Crippen molar-refractivity contribution < 1.29 is 9.18 Å². The Morgan fingerprint density at radius 3 is 2.71 bits per heavy atom. The summed E-state index contributed by atoms with van der Waals surface area (Å²) in [5.41, 5.74) is 7.10. The predicted molar refractivity (Wildman–Crippen MR) is 87.1 cm³/mol. The molecule has 0 aliphatic carbocycles. The van der Waals surface area contributed by atoms with Crippen LogP contribution in [0.2, 0.25) is 5.02 Å². The smallest absolute Gasteiger partial charge is 0.231 e. The Balaban J connectivity index is 2.24. The van der Waals surface area contributed by atoms with Crippen LogP contribution in [0.5, 0.6) is 0 Å². The van der Waals surface area contributed by atoms with E-state index in [-0.39, 0.29) is 22.9 Å². The SMILES string of the molecule is CN(C(=O)Cc1c(F)cccc1Cl)c1ccc(Br)cc1N. The summed E-state index contributed by atoms with van der Waals surface area (Å²) in [6, 6.07) is 9.55. The van der Waals surface area contributed by atoms with E-state index in [0.717, 1.165) is 4.47 Å². The zero-order valence-electron chi connectivity index (χ0n) is 11.2. The zero-order valence-corrected chi connectivity index (χ0v) is 13.6. The quantitative estimate of drug-likeness (QED) is 0.828. The second kappa shape index (κ2) is 6.45. The van der Waals surface area contributed by atoms with Gasteiger partial charge in [-0.2, -0.15) is 0 Å². The molecule has 2 aromatic carbocycles. The van der Waals surface area contributed by atoms with Gasteiger partial charge in [-0.05, 0) is 30.3 Å². The number of amides is 1. The number of nitrogens with two attached hydrogens (primary N) is 1. The molecular weight excluding hydrogens is 359 g/mol. The van der Waals surface area contributed by atoms with Gasteiger partial charge in [-0.25, -0.2) is 4.39 Å². The molecule has 0 radical (unpaired) electrons. The molecule has 0 saturated carbocycles. The predicted octanol–water partition coefficient (Wildman–Crippen LogP) is 4.03. The molecule has 0 aromatic heterocycles. The molecule has 3 nitrogen and oxygen atoms in total. The topological polar surface area (TPSA) is 46.3 Å². The van der Waals surface area contributed by atoms with E-state index in [9.17, 15) is 9.18 Å². The van der Waals surface area contributed by atoms with Crippen LogP contribution in [0, 0.1) is 5.82 Å². The van der Waals surface area contributed by atoms with Crippen molar-refractivity contribution in [2.75, 3.05) is 17.7 Å². The number of carbonyl (C=O) groups excluding carboxylic acids is 1. The molecule has 110 valence electrons. The minimum atomic E-state index is -0.493. The fourth-order valence-electron chi connectivity index (χ4n) is 1.94. The van der Waals surface area contributed by atoms with Crippen molar-refractivity contribution in [3.63, 3.8) is 0 Å². The number of nitrogens with zero attached hydrogens (tertiary/aromatic N) is 1. The van der Waals surface area contributed by atoms with Crippen molar-refractivity contribution in [2.24, 2.45) is 0 Å². The first-order valence-electron chi connectivity index (χ1n) is 6.14. The van der Waals surface area contributed by atoms with Crippen LogP contribution >= 0.6 is 27.5 Å². The molecule has 2 N–H and O–H groups in total. The van der Waals surface area contributed by atoms with Crippen LogP contribution in [0.15, 0.2) is 40.9 Å². The lowest BCUT2D eigenvalue weighted by Crippen LogP contribution is -2.29. The molecule has 0 heterocycles. The summed E-state index contributed by atoms with van der Waals surface area (Å²) >= 11 is 9.24. The maximum Gasteiger partial charge on any atom is 0.231 e. The summed E-state index contributed by atoms with van der Waals surface area (Å²) in [7, 11) is 1.59. The van der Waals surface area contributed by atoms with Crippen LogP contribution in [0.4, 0.5) is 15.8 Å². The number of anilines is 2. The Labute approximate surface area is 135 Å². The van der Waals surface area contributed by atoms with E-state index in [2.05, 4.69) is 15.9 Å². The summed E-state index contributed by atoms with van der Waals surface area (Å²) in [6.07, 6.45) is -0.127. The number of rotatable bonds is 3. The summed E-state index contributed by atoms with van der Waals surface area (Å²) in [5, 5.41) is 0.237. The van der Waals surface area contributed by atoms with E-state index >= 15 is 0 Å². The Morgan fingerprint density at radius 1 is 1.38 bits per heavy atom. The maximum atomic E-state index is 13.7. The monoisotopic (exact) mass is 370 g/mol. The first-order valence-corrected chi connectivity index (χ1v) is 7.31. The van der Waals surface area contributed by atoms with Crippen molar-refractivity contribution in [1.82, 2.24) is 0 Å². The highest BCUT2D eigenvalue weighted by Gasteiger charge is 2.17. The zero-order chi connectivity index (χ0) is 15.6.